The van der Waals surface area contributed by atoms with Gasteiger partial charge in [-0.05, 0) is 25.0 Å². The number of nitrogens with one attached hydrogen (secondary N) is 1. The maximum atomic E-state index is 12.1. The molecule has 0 fully saturated rings. The molecule has 0 saturated carbocycles. The largest absolute Gasteiger partial charge is 1.00 e. The first-order valence-corrected chi connectivity index (χ1v) is 10.2. The Morgan fingerprint density at radius 2 is 1.78 bits per heavy atom. The molecule has 1 aromatic rings. The number of ether oxygens (including phenoxy) is 1. The van der Waals surface area contributed by atoms with Gasteiger partial charge in [-0.15, -0.1) is 11.3 Å². The normalized spacial score (nSPS) is 10.8. The number of fused-ring (bicyclic) bond motifs is 2. The second kappa shape index (κ2) is 10.0. The molecule has 0 unspecified atom stereocenters. The number of nitrogens with zero attached hydrogens (tertiary/aromatic N) is 1. The minimum atomic E-state index is -0.0762. The van der Waals surface area contributed by atoms with Gasteiger partial charge in [-0.1, -0.05) is 26.7 Å². The van der Waals surface area contributed by atoms with Gasteiger partial charge in [0.1, 0.15) is 9.58 Å². The Balaban J connectivity index is 0.00000261. The van der Waals surface area contributed by atoms with Crippen LogP contribution in [0.15, 0.2) is 35.1 Å². The summed E-state index contributed by atoms with van der Waals surface area (Å²) in [5.74, 6) is 0.377. The smallest absolute Gasteiger partial charge is 0.225 e. The standard InChI is InChI=1S/C21H26N2O2S.BrH/c1-4-6-10-23(11-7-5-2)15-8-9-16-20(12-15)26-21-14-18(24)19(25-3)13-17(21)22-16;/h8-9,12-14H,4-7,10-11H2,1-3H3;1H. The van der Waals surface area contributed by atoms with E-state index in [1.54, 1.807) is 23.5 Å². The number of rotatable bonds is 8. The quantitative estimate of drug-likeness (QED) is 0.489. The van der Waals surface area contributed by atoms with Crippen LogP contribution in [-0.4, -0.2) is 20.2 Å². The molecule has 6 heteroatoms. The second-order valence-corrected chi connectivity index (χ2v) is 7.68. The number of aromatic amines is 1. The van der Waals surface area contributed by atoms with Crippen molar-refractivity contribution in [3.05, 3.63) is 40.6 Å². The summed E-state index contributed by atoms with van der Waals surface area (Å²) in [6.07, 6.45) is 4.80. The Bertz CT molecular complexity index is 904. The highest BCUT2D eigenvalue weighted by molar-refractivity contribution is 7.21. The van der Waals surface area contributed by atoms with Gasteiger partial charge in [-0.2, -0.15) is 0 Å². The van der Waals surface area contributed by atoms with Crippen LogP contribution in [0.1, 0.15) is 39.5 Å². The SMILES string of the molecule is CCCCN(CCCC)c1ccc2[nH+]c3cc(OC)c(=O)cc-3sc2c1.[Br-]. The minimum Gasteiger partial charge on any atom is -1.00 e. The molecule has 1 aliphatic carbocycles. The van der Waals surface area contributed by atoms with Gasteiger partial charge in [0.15, 0.2) is 5.75 Å². The van der Waals surface area contributed by atoms with Crippen LogP contribution >= 0.6 is 11.3 Å². The Morgan fingerprint density at radius 1 is 1.07 bits per heavy atom. The van der Waals surface area contributed by atoms with E-state index in [2.05, 4.69) is 41.9 Å². The lowest BCUT2D eigenvalue weighted by Crippen LogP contribution is -3.00. The second-order valence-electron chi connectivity index (χ2n) is 6.60. The molecule has 1 aliphatic heterocycles. The summed E-state index contributed by atoms with van der Waals surface area (Å²) in [5, 5.41) is 0. The highest BCUT2D eigenvalue weighted by Gasteiger charge is 2.18. The fraction of sp³-hybridized carbons (Fsp3) is 0.429. The lowest BCUT2D eigenvalue weighted by Gasteiger charge is -2.24. The molecule has 2 aliphatic rings. The summed E-state index contributed by atoms with van der Waals surface area (Å²) in [5.41, 5.74) is 3.20. The van der Waals surface area contributed by atoms with Crippen molar-refractivity contribution in [1.82, 2.24) is 0 Å². The van der Waals surface area contributed by atoms with E-state index in [0.717, 1.165) is 33.9 Å². The first kappa shape index (κ1) is 21.6. The molecule has 0 atom stereocenters. The van der Waals surface area contributed by atoms with E-state index in [-0.39, 0.29) is 22.4 Å². The Morgan fingerprint density at radius 3 is 2.41 bits per heavy atom. The molecule has 0 amide bonds. The van der Waals surface area contributed by atoms with Gasteiger partial charge in [0.2, 0.25) is 16.6 Å². The molecule has 0 aromatic heterocycles. The third kappa shape index (κ3) is 4.99. The van der Waals surface area contributed by atoms with Crippen LogP contribution in [0.4, 0.5) is 5.69 Å². The van der Waals surface area contributed by atoms with E-state index < -0.39 is 0 Å². The zero-order valence-electron chi connectivity index (χ0n) is 16.2. The van der Waals surface area contributed by atoms with E-state index >= 15 is 0 Å². The predicted molar refractivity (Wildman–Crippen MR) is 110 cm³/mol. The maximum Gasteiger partial charge on any atom is 0.225 e. The van der Waals surface area contributed by atoms with E-state index in [1.807, 2.05) is 0 Å². The topological polar surface area (TPSA) is 43.7 Å². The first-order valence-electron chi connectivity index (χ1n) is 9.39. The Labute approximate surface area is 175 Å². The molecule has 0 saturated heterocycles. The van der Waals surface area contributed by atoms with Crippen LogP contribution in [-0.2, 0) is 0 Å². The van der Waals surface area contributed by atoms with E-state index in [1.165, 1.54) is 38.5 Å². The van der Waals surface area contributed by atoms with Crippen molar-refractivity contribution in [1.29, 1.82) is 0 Å². The Kier molecular flexibility index (Phi) is 8.05. The fourth-order valence-corrected chi connectivity index (χ4v) is 4.14. The van der Waals surface area contributed by atoms with E-state index in [0.29, 0.717) is 5.75 Å². The zero-order valence-corrected chi connectivity index (χ0v) is 18.6. The highest BCUT2D eigenvalue weighted by atomic mass is 79.9. The number of hydrogen-bond acceptors (Lipinski definition) is 4. The lowest BCUT2D eigenvalue weighted by molar-refractivity contribution is -0.330. The summed E-state index contributed by atoms with van der Waals surface area (Å²) >= 11 is 1.65. The molecule has 1 heterocycles. The van der Waals surface area contributed by atoms with Gasteiger partial charge in [0, 0.05) is 30.9 Å². The molecule has 1 aromatic carbocycles. The lowest BCUT2D eigenvalue weighted by atomic mass is 10.2. The first-order chi connectivity index (χ1) is 12.7. The van der Waals surface area contributed by atoms with Crippen LogP contribution in [0.5, 0.6) is 5.75 Å². The van der Waals surface area contributed by atoms with Gasteiger partial charge in [-0.3, -0.25) is 4.79 Å². The summed E-state index contributed by atoms with van der Waals surface area (Å²) in [6.45, 7) is 6.64. The number of benzene rings is 2. The highest BCUT2D eigenvalue weighted by Crippen LogP contribution is 2.31. The van der Waals surface area contributed by atoms with Crippen molar-refractivity contribution >= 4 is 27.2 Å². The average Bonchev–Trinajstić information content (AvgIpc) is 2.65. The third-order valence-electron chi connectivity index (χ3n) is 4.65. The third-order valence-corrected chi connectivity index (χ3v) is 5.76. The van der Waals surface area contributed by atoms with Crippen molar-refractivity contribution in [3.8, 4) is 16.3 Å². The zero-order chi connectivity index (χ0) is 18.5. The Hall–Kier alpha value is -1.66. The van der Waals surface area contributed by atoms with Crippen LogP contribution in [0, 0.1) is 0 Å². The summed E-state index contributed by atoms with van der Waals surface area (Å²) in [6, 6.07) is 10.0. The number of H-pyrrole nitrogens is 1. The van der Waals surface area contributed by atoms with Gasteiger partial charge >= 0.3 is 0 Å². The van der Waals surface area contributed by atoms with E-state index in [9.17, 15) is 4.79 Å². The van der Waals surface area contributed by atoms with Crippen LogP contribution in [0.3, 0.4) is 0 Å². The molecule has 4 nitrogen and oxygen atoms in total. The number of aromatic nitrogens is 1. The van der Waals surface area contributed by atoms with Crippen molar-refractivity contribution in [2.24, 2.45) is 0 Å². The van der Waals surface area contributed by atoms with Crippen molar-refractivity contribution in [2.45, 2.75) is 39.5 Å². The van der Waals surface area contributed by atoms with Gasteiger partial charge in [-0.25, -0.2) is 4.98 Å². The van der Waals surface area contributed by atoms with Crippen molar-refractivity contribution in [2.75, 3.05) is 25.1 Å². The number of anilines is 1. The molecule has 0 bridgehead atoms. The summed E-state index contributed by atoms with van der Waals surface area (Å²) in [7, 11) is 1.53. The fourth-order valence-electron chi connectivity index (χ4n) is 3.11. The molecule has 1 N–H and O–H groups in total. The number of halogens is 1. The average molecular weight is 451 g/mol. The molecule has 0 spiro atoms. The number of unbranched alkanes of at least 4 members (excludes halogenated alkanes) is 2. The number of methoxy groups -OCH3 is 1. The summed E-state index contributed by atoms with van der Waals surface area (Å²) in [4.78, 5) is 18.9. The summed E-state index contributed by atoms with van der Waals surface area (Å²) < 4.78 is 6.32. The minimum absolute atomic E-state index is 0. The van der Waals surface area contributed by atoms with Crippen molar-refractivity contribution < 1.29 is 26.7 Å². The van der Waals surface area contributed by atoms with E-state index in [4.69, 9.17) is 4.74 Å². The maximum absolute atomic E-state index is 12.1. The molecular formula is C21H27BrN2O2S. The molecule has 0 radical (unpaired) electrons. The van der Waals surface area contributed by atoms with Gasteiger partial charge < -0.3 is 26.6 Å². The van der Waals surface area contributed by atoms with Crippen LogP contribution < -0.4 is 37.0 Å². The van der Waals surface area contributed by atoms with Gasteiger partial charge in [0.05, 0.1) is 13.2 Å². The van der Waals surface area contributed by atoms with Crippen LogP contribution in [0.2, 0.25) is 0 Å². The number of hydrogen-bond donors (Lipinski definition) is 0. The molecule has 3 rings (SSSR count). The van der Waals surface area contributed by atoms with Crippen molar-refractivity contribution in [3.63, 3.8) is 0 Å². The predicted octanol–water partition coefficient (Wildman–Crippen LogP) is 1.60. The molecule has 27 heavy (non-hydrogen) atoms. The monoisotopic (exact) mass is 450 g/mol. The molecule has 146 valence electrons. The van der Waals surface area contributed by atoms with Crippen LogP contribution in [0.25, 0.3) is 20.8 Å². The van der Waals surface area contributed by atoms with Gasteiger partial charge in [0.25, 0.3) is 0 Å². The molecular weight excluding hydrogens is 424 g/mol.